The Morgan fingerprint density at radius 1 is 1.15 bits per heavy atom. The van der Waals surface area contributed by atoms with Gasteiger partial charge in [0.05, 0.1) is 18.6 Å². The Balaban J connectivity index is 1.91. The fourth-order valence-electron chi connectivity index (χ4n) is 1.72. The molecule has 0 aliphatic carbocycles. The molecule has 0 unspecified atom stereocenters. The van der Waals surface area contributed by atoms with Crippen LogP contribution in [0, 0.1) is 6.92 Å². The Bertz CT molecular complexity index is 581. The molecule has 0 radical (unpaired) electrons. The predicted octanol–water partition coefficient (Wildman–Crippen LogP) is 3.73. The normalized spacial score (nSPS) is 10.1. The number of hydrogen-bond donors (Lipinski definition) is 1. The molecule has 1 amide bonds. The third kappa shape index (κ3) is 4.03. The van der Waals surface area contributed by atoms with E-state index >= 15 is 0 Å². The second kappa shape index (κ2) is 7.01. The van der Waals surface area contributed by atoms with E-state index in [2.05, 4.69) is 5.32 Å². The molecular formula is C16H17NO2S. The van der Waals surface area contributed by atoms with Gasteiger partial charge in [-0.1, -0.05) is 29.8 Å². The van der Waals surface area contributed by atoms with Crippen molar-refractivity contribution in [2.75, 3.05) is 18.2 Å². The van der Waals surface area contributed by atoms with Crippen LogP contribution >= 0.6 is 11.8 Å². The first kappa shape index (κ1) is 14.5. The molecule has 0 spiro atoms. The van der Waals surface area contributed by atoms with Crippen LogP contribution in [0.5, 0.6) is 5.75 Å². The van der Waals surface area contributed by atoms with Crippen molar-refractivity contribution in [2.24, 2.45) is 0 Å². The van der Waals surface area contributed by atoms with E-state index in [1.165, 1.54) is 17.3 Å². The van der Waals surface area contributed by atoms with Crippen LogP contribution in [0.4, 0.5) is 5.69 Å². The number of anilines is 1. The largest absolute Gasteiger partial charge is 0.495 e. The topological polar surface area (TPSA) is 38.3 Å². The number of para-hydroxylation sites is 2. The number of aryl methyl sites for hydroxylation is 1. The molecular weight excluding hydrogens is 270 g/mol. The summed E-state index contributed by atoms with van der Waals surface area (Å²) in [5, 5.41) is 2.86. The van der Waals surface area contributed by atoms with Crippen LogP contribution in [0.1, 0.15) is 5.56 Å². The first-order valence-corrected chi connectivity index (χ1v) is 7.30. The molecule has 0 aromatic heterocycles. The maximum absolute atomic E-state index is 11.9. The maximum atomic E-state index is 11.9. The van der Waals surface area contributed by atoms with Crippen LogP contribution in [0.25, 0.3) is 0 Å². The van der Waals surface area contributed by atoms with Gasteiger partial charge in [-0.05, 0) is 31.2 Å². The van der Waals surface area contributed by atoms with E-state index in [9.17, 15) is 4.79 Å². The fraction of sp³-hybridized carbons (Fsp3) is 0.188. The first-order chi connectivity index (χ1) is 9.69. The van der Waals surface area contributed by atoms with Crippen molar-refractivity contribution in [3.05, 3.63) is 54.1 Å². The molecule has 0 saturated heterocycles. The number of amides is 1. The minimum atomic E-state index is -0.0416. The second-order valence-corrected chi connectivity index (χ2v) is 5.40. The molecule has 1 N–H and O–H groups in total. The number of nitrogens with one attached hydrogen (secondary N) is 1. The minimum absolute atomic E-state index is 0.0416. The van der Waals surface area contributed by atoms with Gasteiger partial charge < -0.3 is 10.1 Å². The van der Waals surface area contributed by atoms with Gasteiger partial charge in [-0.3, -0.25) is 4.79 Å². The van der Waals surface area contributed by atoms with Crippen LogP contribution in [-0.2, 0) is 4.79 Å². The van der Waals surface area contributed by atoms with Gasteiger partial charge in [-0.2, -0.15) is 0 Å². The van der Waals surface area contributed by atoms with Crippen LogP contribution in [0.3, 0.4) is 0 Å². The number of thioether (sulfide) groups is 1. The lowest BCUT2D eigenvalue weighted by atomic mass is 10.2. The minimum Gasteiger partial charge on any atom is -0.495 e. The molecule has 0 aliphatic rings. The average molecular weight is 287 g/mol. The molecule has 20 heavy (non-hydrogen) atoms. The molecule has 4 heteroatoms. The quantitative estimate of drug-likeness (QED) is 0.851. The van der Waals surface area contributed by atoms with E-state index in [1.807, 2.05) is 55.5 Å². The molecule has 2 rings (SSSR count). The zero-order valence-corrected chi connectivity index (χ0v) is 12.4. The Morgan fingerprint density at radius 2 is 1.85 bits per heavy atom. The maximum Gasteiger partial charge on any atom is 0.234 e. The van der Waals surface area contributed by atoms with Crippen molar-refractivity contribution in [1.82, 2.24) is 0 Å². The molecule has 0 fully saturated rings. The van der Waals surface area contributed by atoms with Crippen LogP contribution in [0.2, 0.25) is 0 Å². The molecule has 2 aromatic rings. The zero-order valence-electron chi connectivity index (χ0n) is 11.6. The molecule has 0 bridgehead atoms. The summed E-state index contributed by atoms with van der Waals surface area (Å²) in [5.41, 5.74) is 1.91. The van der Waals surface area contributed by atoms with Crippen LogP contribution in [-0.4, -0.2) is 18.8 Å². The molecule has 3 nitrogen and oxygen atoms in total. The number of benzene rings is 2. The summed E-state index contributed by atoms with van der Waals surface area (Å²) in [6, 6.07) is 15.5. The number of hydrogen-bond acceptors (Lipinski definition) is 3. The molecule has 104 valence electrons. The van der Waals surface area contributed by atoms with Gasteiger partial charge >= 0.3 is 0 Å². The van der Waals surface area contributed by atoms with Crippen LogP contribution < -0.4 is 10.1 Å². The Labute approximate surface area is 123 Å². The van der Waals surface area contributed by atoms with E-state index < -0.39 is 0 Å². The van der Waals surface area contributed by atoms with E-state index in [4.69, 9.17) is 4.74 Å². The number of carbonyl (C=O) groups is 1. The molecule has 0 saturated carbocycles. The molecule has 0 aliphatic heterocycles. The Kier molecular flexibility index (Phi) is 5.07. The van der Waals surface area contributed by atoms with Gasteiger partial charge in [0.1, 0.15) is 5.75 Å². The lowest BCUT2D eigenvalue weighted by Crippen LogP contribution is -2.14. The summed E-state index contributed by atoms with van der Waals surface area (Å²) < 4.78 is 5.20. The summed E-state index contributed by atoms with van der Waals surface area (Å²) in [6.07, 6.45) is 0. The SMILES string of the molecule is COc1ccccc1NC(=O)CSc1ccc(C)cc1. The first-order valence-electron chi connectivity index (χ1n) is 6.31. The van der Waals surface area contributed by atoms with Crippen molar-refractivity contribution < 1.29 is 9.53 Å². The second-order valence-electron chi connectivity index (χ2n) is 4.35. The Hall–Kier alpha value is -1.94. The predicted molar refractivity (Wildman–Crippen MR) is 83.5 cm³/mol. The smallest absolute Gasteiger partial charge is 0.234 e. The van der Waals surface area contributed by atoms with E-state index in [1.54, 1.807) is 7.11 Å². The van der Waals surface area contributed by atoms with Gasteiger partial charge in [0.15, 0.2) is 0 Å². The zero-order chi connectivity index (χ0) is 14.4. The van der Waals surface area contributed by atoms with Gasteiger partial charge in [0.25, 0.3) is 0 Å². The van der Waals surface area contributed by atoms with Crippen molar-refractivity contribution in [1.29, 1.82) is 0 Å². The highest BCUT2D eigenvalue weighted by Crippen LogP contribution is 2.24. The monoisotopic (exact) mass is 287 g/mol. The van der Waals surface area contributed by atoms with Gasteiger partial charge in [0.2, 0.25) is 5.91 Å². The third-order valence-electron chi connectivity index (χ3n) is 2.77. The van der Waals surface area contributed by atoms with E-state index in [0.717, 1.165) is 4.90 Å². The highest BCUT2D eigenvalue weighted by atomic mass is 32.2. The van der Waals surface area contributed by atoms with Crippen molar-refractivity contribution >= 4 is 23.4 Å². The Morgan fingerprint density at radius 3 is 2.55 bits per heavy atom. The number of ether oxygens (including phenoxy) is 1. The van der Waals surface area contributed by atoms with Gasteiger partial charge in [0, 0.05) is 4.90 Å². The van der Waals surface area contributed by atoms with E-state index in [0.29, 0.717) is 17.2 Å². The molecule has 0 heterocycles. The average Bonchev–Trinajstić information content (AvgIpc) is 2.47. The summed E-state index contributed by atoms with van der Waals surface area (Å²) >= 11 is 1.52. The van der Waals surface area contributed by atoms with Gasteiger partial charge in [-0.25, -0.2) is 0 Å². The fourth-order valence-corrected chi connectivity index (χ4v) is 2.42. The van der Waals surface area contributed by atoms with Crippen LogP contribution in [0.15, 0.2) is 53.4 Å². The summed E-state index contributed by atoms with van der Waals surface area (Å²) in [5.74, 6) is 1.00. The highest BCUT2D eigenvalue weighted by Gasteiger charge is 2.07. The summed E-state index contributed by atoms with van der Waals surface area (Å²) in [6.45, 7) is 2.04. The summed E-state index contributed by atoms with van der Waals surface area (Å²) in [7, 11) is 1.59. The standard InChI is InChI=1S/C16H17NO2S/c1-12-7-9-13(10-8-12)20-11-16(18)17-14-5-3-4-6-15(14)19-2/h3-10H,11H2,1-2H3,(H,17,18). The van der Waals surface area contributed by atoms with Crippen molar-refractivity contribution in [3.8, 4) is 5.75 Å². The third-order valence-corrected chi connectivity index (χ3v) is 3.78. The number of methoxy groups -OCH3 is 1. The van der Waals surface area contributed by atoms with Crippen molar-refractivity contribution in [3.63, 3.8) is 0 Å². The highest BCUT2D eigenvalue weighted by molar-refractivity contribution is 8.00. The molecule has 2 aromatic carbocycles. The van der Waals surface area contributed by atoms with E-state index in [-0.39, 0.29) is 5.91 Å². The lowest BCUT2D eigenvalue weighted by molar-refractivity contribution is -0.113. The molecule has 0 atom stereocenters. The number of carbonyl (C=O) groups excluding carboxylic acids is 1. The van der Waals surface area contributed by atoms with Crippen molar-refractivity contribution in [2.45, 2.75) is 11.8 Å². The lowest BCUT2D eigenvalue weighted by Gasteiger charge is -2.09. The van der Waals surface area contributed by atoms with Gasteiger partial charge in [-0.15, -0.1) is 11.8 Å². The summed E-state index contributed by atoms with van der Waals surface area (Å²) in [4.78, 5) is 13.0. The number of rotatable bonds is 5.